The van der Waals surface area contributed by atoms with E-state index in [-0.39, 0.29) is 0 Å². The zero-order chi connectivity index (χ0) is 17.4. The summed E-state index contributed by atoms with van der Waals surface area (Å²) in [6, 6.07) is 15.0. The van der Waals surface area contributed by atoms with Gasteiger partial charge in [0.15, 0.2) is 0 Å². The Morgan fingerprint density at radius 3 is 2.33 bits per heavy atom. The largest absolute Gasteiger partial charge is 0.496 e. The number of hydrogen-bond acceptors (Lipinski definition) is 3. The number of rotatable bonds is 6. The molecule has 2 aromatic carbocycles. The van der Waals surface area contributed by atoms with E-state index in [0.717, 1.165) is 23.3 Å². The molecule has 2 amide bonds. The third kappa shape index (κ3) is 4.59. The fraction of sp³-hybridized carbons (Fsp3) is 0.263. The lowest BCUT2D eigenvalue weighted by molar-refractivity contribution is -0.136. The predicted molar refractivity (Wildman–Crippen MR) is 94.2 cm³/mol. The lowest BCUT2D eigenvalue weighted by Gasteiger charge is -2.11. The number of aryl methyl sites for hydroxylation is 1. The van der Waals surface area contributed by atoms with Gasteiger partial charge in [-0.25, -0.2) is 0 Å². The van der Waals surface area contributed by atoms with Gasteiger partial charge in [-0.05, 0) is 36.1 Å². The van der Waals surface area contributed by atoms with Gasteiger partial charge < -0.3 is 15.4 Å². The van der Waals surface area contributed by atoms with Crippen molar-refractivity contribution in [1.82, 2.24) is 5.32 Å². The van der Waals surface area contributed by atoms with Crippen LogP contribution in [-0.2, 0) is 22.4 Å². The first-order valence-corrected chi connectivity index (χ1v) is 7.94. The molecular formula is C19H22N2O3. The van der Waals surface area contributed by atoms with E-state index in [9.17, 15) is 9.59 Å². The highest BCUT2D eigenvalue weighted by molar-refractivity contribution is 6.39. The van der Waals surface area contributed by atoms with Gasteiger partial charge in [-0.15, -0.1) is 0 Å². The van der Waals surface area contributed by atoms with E-state index in [2.05, 4.69) is 10.6 Å². The molecule has 24 heavy (non-hydrogen) atoms. The highest BCUT2D eigenvalue weighted by Gasteiger charge is 2.14. The maximum atomic E-state index is 12.0. The van der Waals surface area contributed by atoms with Crippen LogP contribution in [0.25, 0.3) is 0 Å². The summed E-state index contributed by atoms with van der Waals surface area (Å²) in [7, 11) is 1.61. The van der Waals surface area contributed by atoms with Crippen LogP contribution in [0.2, 0.25) is 0 Å². The van der Waals surface area contributed by atoms with Crippen LogP contribution in [-0.4, -0.2) is 25.5 Å². The summed E-state index contributed by atoms with van der Waals surface area (Å²) in [6.07, 6.45) is 1.38. The van der Waals surface area contributed by atoms with Crippen LogP contribution in [0.4, 0.5) is 5.69 Å². The average molecular weight is 326 g/mol. The third-order valence-electron chi connectivity index (χ3n) is 3.73. The molecule has 5 nitrogen and oxygen atoms in total. The van der Waals surface area contributed by atoms with Crippen LogP contribution in [0, 0.1) is 0 Å². The average Bonchev–Trinajstić information content (AvgIpc) is 2.62. The molecule has 0 spiro atoms. The van der Waals surface area contributed by atoms with E-state index in [1.807, 2.05) is 49.4 Å². The van der Waals surface area contributed by atoms with Gasteiger partial charge in [0.2, 0.25) is 0 Å². The van der Waals surface area contributed by atoms with Gasteiger partial charge in [0.25, 0.3) is 0 Å². The second-order valence-corrected chi connectivity index (χ2v) is 5.28. The van der Waals surface area contributed by atoms with Gasteiger partial charge in [0.1, 0.15) is 5.75 Å². The summed E-state index contributed by atoms with van der Waals surface area (Å²) in [6.45, 7) is 2.36. The molecule has 0 unspecified atom stereocenters. The van der Waals surface area contributed by atoms with Gasteiger partial charge in [-0.3, -0.25) is 9.59 Å². The third-order valence-corrected chi connectivity index (χ3v) is 3.73. The standard InChI is InChI=1S/C19H22N2O3/c1-3-14-8-4-6-10-16(14)21-19(23)18(22)20-13-12-15-9-5-7-11-17(15)24-2/h4-11H,3,12-13H2,1-2H3,(H,20,22)(H,21,23). The molecule has 5 heteroatoms. The normalized spacial score (nSPS) is 10.1. The quantitative estimate of drug-likeness (QED) is 0.802. The molecule has 0 saturated carbocycles. The van der Waals surface area contributed by atoms with Gasteiger partial charge >= 0.3 is 11.8 Å². The van der Waals surface area contributed by atoms with E-state index >= 15 is 0 Å². The highest BCUT2D eigenvalue weighted by Crippen LogP contribution is 2.17. The lowest BCUT2D eigenvalue weighted by Crippen LogP contribution is -2.36. The van der Waals surface area contributed by atoms with Crippen molar-refractivity contribution in [3.05, 3.63) is 59.7 Å². The first-order valence-electron chi connectivity index (χ1n) is 7.94. The fourth-order valence-electron chi connectivity index (χ4n) is 2.43. The highest BCUT2D eigenvalue weighted by atomic mass is 16.5. The minimum atomic E-state index is -0.657. The number of para-hydroxylation sites is 2. The Hall–Kier alpha value is -2.82. The molecule has 2 rings (SSSR count). The topological polar surface area (TPSA) is 67.4 Å². The van der Waals surface area contributed by atoms with Crippen LogP contribution >= 0.6 is 0 Å². The Balaban J connectivity index is 1.87. The summed E-state index contributed by atoms with van der Waals surface area (Å²) < 4.78 is 5.26. The molecule has 0 aliphatic rings. The van der Waals surface area contributed by atoms with E-state index in [4.69, 9.17) is 4.74 Å². The smallest absolute Gasteiger partial charge is 0.313 e. The van der Waals surface area contributed by atoms with Gasteiger partial charge in [0.05, 0.1) is 7.11 Å². The van der Waals surface area contributed by atoms with Crippen LogP contribution in [0.1, 0.15) is 18.1 Å². The van der Waals surface area contributed by atoms with Crippen molar-refractivity contribution < 1.29 is 14.3 Å². The minimum absolute atomic E-state index is 0.363. The summed E-state index contributed by atoms with van der Waals surface area (Å²) in [5, 5.41) is 5.29. The van der Waals surface area contributed by atoms with E-state index < -0.39 is 11.8 Å². The molecule has 0 heterocycles. The lowest BCUT2D eigenvalue weighted by atomic mass is 10.1. The van der Waals surface area contributed by atoms with Gasteiger partial charge in [-0.1, -0.05) is 43.3 Å². The fourth-order valence-corrected chi connectivity index (χ4v) is 2.43. The molecule has 0 aromatic heterocycles. The summed E-state index contributed by atoms with van der Waals surface area (Å²) in [4.78, 5) is 23.9. The molecule has 0 saturated heterocycles. The number of ether oxygens (including phenoxy) is 1. The first-order chi connectivity index (χ1) is 11.7. The summed E-state index contributed by atoms with van der Waals surface area (Å²) >= 11 is 0. The van der Waals surface area contributed by atoms with Crippen molar-refractivity contribution in [2.75, 3.05) is 19.0 Å². The number of methoxy groups -OCH3 is 1. The zero-order valence-electron chi connectivity index (χ0n) is 14.0. The molecule has 0 atom stereocenters. The Morgan fingerprint density at radius 2 is 1.62 bits per heavy atom. The number of carbonyl (C=O) groups excluding carboxylic acids is 2. The number of amides is 2. The van der Waals surface area contributed by atoms with Crippen molar-refractivity contribution >= 4 is 17.5 Å². The number of anilines is 1. The Bertz CT molecular complexity index is 713. The molecule has 0 radical (unpaired) electrons. The van der Waals surface area contributed by atoms with Crippen molar-refractivity contribution in [3.8, 4) is 5.75 Å². The monoisotopic (exact) mass is 326 g/mol. The summed E-state index contributed by atoms with van der Waals surface area (Å²) in [5.74, 6) is -0.528. The second-order valence-electron chi connectivity index (χ2n) is 5.28. The van der Waals surface area contributed by atoms with Crippen LogP contribution in [0.15, 0.2) is 48.5 Å². The summed E-state index contributed by atoms with van der Waals surface area (Å²) in [5.41, 5.74) is 2.65. The van der Waals surface area contributed by atoms with Crippen molar-refractivity contribution in [1.29, 1.82) is 0 Å². The van der Waals surface area contributed by atoms with Crippen LogP contribution in [0.3, 0.4) is 0 Å². The van der Waals surface area contributed by atoms with E-state index in [0.29, 0.717) is 18.7 Å². The maximum Gasteiger partial charge on any atom is 0.313 e. The molecular weight excluding hydrogens is 304 g/mol. The van der Waals surface area contributed by atoms with Gasteiger partial charge in [-0.2, -0.15) is 0 Å². The molecule has 0 fully saturated rings. The maximum absolute atomic E-state index is 12.0. The zero-order valence-corrected chi connectivity index (χ0v) is 14.0. The van der Waals surface area contributed by atoms with E-state index in [1.165, 1.54) is 0 Å². The molecule has 2 N–H and O–H groups in total. The van der Waals surface area contributed by atoms with Crippen LogP contribution in [0.5, 0.6) is 5.75 Å². The van der Waals surface area contributed by atoms with E-state index in [1.54, 1.807) is 13.2 Å². The molecule has 0 aliphatic carbocycles. The number of carbonyl (C=O) groups is 2. The van der Waals surface area contributed by atoms with Crippen molar-refractivity contribution in [2.24, 2.45) is 0 Å². The van der Waals surface area contributed by atoms with Crippen molar-refractivity contribution in [3.63, 3.8) is 0 Å². The molecule has 126 valence electrons. The molecule has 0 bridgehead atoms. The SMILES string of the molecule is CCc1ccccc1NC(=O)C(=O)NCCc1ccccc1OC. The number of hydrogen-bond donors (Lipinski definition) is 2. The number of nitrogens with one attached hydrogen (secondary N) is 2. The van der Waals surface area contributed by atoms with Crippen LogP contribution < -0.4 is 15.4 Å². The van der Waals surface area contributed by atoms with Gasteiger partial charge in [0, 0.05) is 12.2 Å². The number of benzene rings is 2. The predicted octanol–water partition coefficient (Wildman–Crippen LogP) is 2.56. The Morgan fingerprint density at radius 1 is 0.958 bits per heavy atom. The van der Waals surface area contributed by atoms with Crippen molar-refractivity contribution in [2.45, 2.75) is 19.8 Å². The molecule has 0 aliphatic heterocycles. The Labute approximate surface area is 142 Å². The first kappa shape index (κ1) is 17.5. The minimum Gasteiger partial charge on any atom is -0.496 e. The second kappa shape index (κ2) is 8.72. The molecule has 2 aromatic rings. The Kier molecular flexibility index (Phi) is 6.37.